The van der Waals surface area contributed by atoms with Crippen molar-refractivity contribution in [1.82, 2.24) is 15.0 Å². The van der Waals surface area contributed by atoms with Crippen molar-refractivity contribution >= 4 is 16.3 Å². The van der Waals surface area contributed by atoms with E-state index in [2.05, 4.69) is 21.9 Å². The maximum atomic E-state index is 12.7. The largest absolute Gasteiger partial charge is 0.470 e. The van der Waals surface area contributed by atoms with Crippen LogP contribution in [0.3, 0.4) is 0 Å². The van der Waals surface area contributed by atoms with Gasteiger partial charge in [-0.3, -0.25) is 4.79 Å². The smallest absolute Gasteiger partial charge is 0.217 e. The summed E-state index contributed by atoms with van der Waals surface area (Å²) in [6.07, 6.45) is 8.69. The lowest BCUT2D eigenvalue weighted by Crippen LogP contribution is -2.57. The fraction of sp³-hybridized carbons (Fsp3) is 0.750. The Labute approximate surface area is 202 Å². The Morgan fingerprint density at radius 3 is 2.79 bits per heavy atom. The number of ether oxygens (including phenoxy) is 3. The molecule has 3 aliphatic rings. The van der Waals surface area contributed by atoms with Crippen LogP contribution in [0.15, 0.2) is 12.3 Å². The molecule has 3 atom stereocenters. The molecular weight excluding hydrogens is 458 g/mol. The van der Waals surface area contributed by atoms with Gasteiger partial charge in [0.05, 0.1) is 19.3 Å². The van der Waals surface area contributed by atoms with Gasteiger partial charge < -0.3 is 19.5 Å². The number of sulfonamides is 1. The Morgan fingerprint density at radius 2 is 2.06 bits per heavy atom. The SMILES string of the molecule is Cc1ccnc(OCC=O)c1[C@H]1CC[C@@H](OC[C@@H]2NCCC[C@@H]2NS(=O)(=O)[C@@H]2CCOC2)CC1. The molecule has 1 aromatic rings. The molecule has 0 radical (unpaired) electrons. The summed E-state index contributed by atoms with van der Waals surface area (Å²) in [5.41, 5.74) is 2.23. The normalized spacial score (nSPS) is 30.2. The van der Waals surface area contributed by atoms with E-state index in [0.29, 0.717) is 31.4 Å². The fourth-order valence-corrected chi connectivity index (χ4v) is 6.94. The lowest BCUT2D eigenvalue weighted by Gasteiger charge is -2.36. The van der Waals surface area contributed by atoms with E-state index in [0.717, 1.165) is 62.5 Å². The molecule has 190 valence electrons. The van der Waals surface area contributed by atoms with Crippen LogP contribution < -0.4 is 14.8 Å². The van der Waals surface area contributed by atoms with Gasteiger partial charge in [-0.2, -0.15) is 0 Å². The second-order valence-electron chi connectivity index (χ2n) is 9.59. The summed E-state index contributed by atoms with van der Waals surface area (Å²) in [6.45, 7) is 4.21. The summed E-state index contributed by atoms with van der Waals surface area (Å²) in [6, 6.07) is 1.79. The number of carbonyl (C=O) groups is 1. The average Bonchev–Trinajstić information content (AvgIpc) is 3.39. The number of aldehydes is 1. The zero-order valence-electron chi connectivity index (χ0n) is 19.9. The Balaban J connectivity index is 1.29. The minimum absolute atomic E-state index is 0.00892. The van der Waals surface area contributed by atoms with Crippen molar-refractivity contribution in [3.63, 3.8) is 0 Å². The molecule has 4 rings (SSSR count). The third-order valence-electron chi connectivity index (χ3n) is 7.28. The maximum Gasteiger partial charge on any atom is 0.217 e. The molecule has 0 unspecified atom stereocenters. The second kappa shape index (κ2) is 11.9. The molecule has 34 heavy (non-hydrogen) atoms. The quantitative estimate of drug-likeness (QED) is 0.473. The number of aromatic nitrogens is 1. The molecular formula is C24H37N3O6S. The van der Waals surface area contributed by atoms with Gasteiger partial charge in [-0.05, 0) is 76.0 Å². The number of piperidine rings is 1. The van der Waals surface area contributed by atoms with Gasteiger partial charge in [0.25, 0.3) is 0 Å². The van der Waals surface area contributed by atoms with Crippen molar-refractivity contribution in [3.8, 4) is 5.88 Å². The summed E-state index contributed by atoms with van der Waals surface area (Å²) in [5.74, 6) is 0.891. The summed E-state index contributed by atoms with van der Waals surface area (Å²) < 4.78 is 45.6. The number of pyridine rings is 1. The number of nitrogens with zero attached hydrogens (tertiary/aromatic N) is 1. The summed E-state index contributed by atoms with van der Waals surface area (Å²) in [7, 11) is -3.40. The molecule has 1 aliphatic carbocycles. The number of hydrogen-bond acceptors (Lipinski definition) is 8. The fourth-order valence-electron chi connectivity index (χ4n) is 5.36. The highest BCUT2D eigenvalue weighted by atomic mass is 32.2. The Bertz CT molecular complexity index is 913. The molecule has 2 saturated heterocycles. The van der Waals surface area contributed by atoms with Crippen LogP contribution in [0.2, 0.25) is 0 Å². The minimum Gasteiger partial charge on any atom is -0.470 e. The van der Waals surface area contributed by atoms with Gasteiger partial charge in [0, 0.05) is 30.5 Å². The highest BCUT2D eigenvalue weighted by molar-refractivity contribution is 7.90. The number of hydrogen-bond donors (Lipinski definition) is 2. The summed E-state index contributed by atoms with van der Waals surface area (Å²) in [4.78, 5) is 15.1. The number of aryl methyl sites for hydroxylation is 1. The van der Waals surface area contributed by atoms with E-state index >= 15 is 0 Å². The third kappa shape index (κ3) is 6.34. The Hall–Kier alpha value is -1.59. The van der Waals surface area contributed by atoms with Gasteiger partial charge in [0.15, 0.2) is 6.29 Å². The van der Waals surface area contributed by atoms with Crippen LogP contribution in [0.5, 0.6) is 5.88 Å². The van der Waals surface area contributed by atoms with Crippen LogP contribution >= 0.6 is 0 Å². The molecule has 10 heteroatoms. The lowest BCUT2D eigenvalue weighted by atomic mass is 9.81. The number of carbonyl (C=O) groups excluding carboxylic acids is 1. The zero-order chi connectivity index (χ0) is 24.0. The first kappa shape index (κ1) is 25.5. The molecule has 1 aromatic heterocycles. The number of rotatable bonds is 10. The van der Waals surface area contributed by atoms with Crippen LogP contribution in [-0.4, -0.2) is 76.1 Å². The molecule has 1 saturated carbocycles. The van der Waals surface area contributed by atoms with Gasteiger partial charge in [0.1, 0.15) is 11.9 Å². The first-order valence-corrected chi connectivity index (χ1v) is 14.0. The van der Waals surface area contributed by atoms with E-state index in [1.54, 1.807) is 6.20 Å². The van der Waals surface area contributed by atoms with Crippen LogP contribution in [-0.2, 0) is 24.3 Å². The van der Waals surface area contributed by atoms with Crippen LogP contribution in [0.25, 0.3) is 0 Å². The molecule has 0 bridgehead atoms. The van der Waals surface area contributed by atoms with Crippen LogP contribution in [0.1, 0.15) is 62.0 Å². The van der Waals surface area contributed by atoms with Crippen molar-refractivity contribution in [2.45, 2.75) is 81.2 Å². The highest BCUT2D eigenvalue weighted by Crippen LogP contribution is 2.39. The van der Waals surface area contributed by atoms with E-state index in [1.807, 2.05) is 6.07 Å². The predicted molar refractivity (Wildman–Crippen MR) is 128 cm³/mol. The molecule has 0 amide bonds. The monoisotopic (exact) mass is 495 g/mol. The van der Waals surface area contributed by atoms with E-state index < -0.39 is 15.3 Å². The first-order chi connectivity index (χ1) is 16.5. The van der Waals surface area contributed by atoms with Crippen LogP contribution in [0.4, 0.5) is 0 Å². The standard InChI is InChI=1S/C24H37N3O6S/c1-17-8-11-26-24(32-14-12-28)23(17)18-4-6-19(7-5-18)33-16-22-21(3-2-10-25-22)27-34(29,30)20-9-13-31-15-20/h8,11-12,18-22,25,27H,2-7,9-10,13-16H2,1H3/t18-,19+,20-,21+,22+/m1/s1. The Morgan fingerprint density at radius 1 is 1.24 bits per heavy atom. The summed E-state index contributed by atoms with van der Waals surface area (Å²) >= 11 is 0. The topological polar surface area (TPSA) is 116 Å². The molecule has 9 nitrogen and oxygen atoms in total. The maximum absolute atomic E-state index is 12.7. The molecule has 2 N–H and O–H groups in total. The van der Waals surface area contributed by atoms with Gasteiger partial charge >= 0.3 is 0 Å². The van der Waals surface area contributed by atoms with E-state index in [1.165, 1.54) is 0 Å². The zero-order valence-corrected chi connectivity index (χ0v) is 20.7. The predicted octanol–water partition coefficient (Wildman–Crippen LogP) is 1.84. The minimum atomic E-state index is -3.40. The average molecular weight is 496 g/mol. The third-order valence-corrected chi connectivity index (χ3v) is 9.16. The Kier molecular flexibility index (Phi) is 8.92. The van der Waals surface area contributed by atoms with Crippen molar-refractivity contribution in [1.29, 1.82) is 0 Å². The van der Waals surface area contributed by atoms with E-state index in [-0.39, 0.29) is 31.4 Å². The van der Waals surface area contributed by atoms with Gasteiger partial charge in [-0.15, -0.1) is 0 Å². The van der Waals surface area contributed by atoms with Crippen LogP contribution in [0, 0.1) is 6.92 Å². The summed E-state index contributed by atoms with van der Waals surface area (Å²) in [5, 5.41) is 3.00. The molecule has 3 fully saturated rings. The van der Waals surface area contributed by atoms with Crippen molar-refractivity contribution < 1.29 is 27.4 Å². The van der Waals surface area contributed by atoms with Crippen molar-refractivity contribution in [3.05, 3.63) is 23.4 Å². The second-order valence-corrected chi connectivity index (χ2v) is 11.6. The van der Waals surface area contributed by atoms with Crippen molar-refractivity contribution in [2.24, 2.45) is 0 Å². The highest BCUT2D eigenvalue weighted by Gasteiger charge is 2.35. The van der Waals surface area contributed by atoms with Crippen molar-refractivity contribution in [2.75, 3.05) is 33.0 Å². The van der Waals surface area contributed by atoms with E-state index in [9.17, 15) is 13.2 Å². The van der Waals surface area contributed by atoms with Gasteiger partial charge in [0.2, 0.25) is 15.9 Å². The molecule has 2 aliphatic heterocycles. The number of nitrogens with one attached hydrogen (secondary N) is 2. The molecule has 0 spiro atoms. The van der Waals surface area contributed by atoms with E-state index in [4.69, 9.17) is 14.2 Å². The molecule has 3 heterocycles. The van der Waals surface area contributed by atoms with Gasteiger partial charge in [-0.25, -0.2) is 18.1 Å². The van der Waals surface area contributed by atoms with Gasteiger partial charge in [-0.1, -0.05) is 0 Å². The molecule has 0 aromatic carbocycles. The lowest BCUT2D eigenvalue weighted by molar-refractivity contribution is -0.109. The first-order valence-electron chi connectivity index (χ1n) is 12.4.